The largest absolute Gasteiger partial charge is 0.506 e. The molecule has 0 heterocycles. The van der Waals surface area contributed by atoms with Crippen LogP contribution in [0.3, 0.4) is 0 Å². The van der Waals surface area contributed by atoms with Crippen LogP contribution in [0.25, 0.3) is 0 Å². The quantitative estimate of drug-likeness (QED) is 0.793. The average molecular weight is 339 g/mol. The molecule has 0 aromatic heterocycles. The van der Waals surface area contributed by atoms with Crippen LogP contribution < -0.4 is 10.6 Å². The van der Waals surface area contributed by atoms with Crippen molar-refractivity contribution in [1.82, 2.24) is 0 Å². The zero-order chi connectivity index (χ0) is 16.3. The maximum atomic E-state index is 12.1. The summed E-state index contributed by atoms with van der Waals surface area (Å²) in [6, 6.07) is 8.86. The molecule has 0 unspecified atom stereocenters. The van der Waals surface area contributed by atoms with E-state index in [1.54, 1.807) is 12.1 Å². The van der Waals surface area contributed by atoms with Crippen molar-refractivity contribution < 1.29 is 14.7 Å². The minimum atomic E-state index is -0.398. The molecule has 0 bridgehead atoms. The second-order valence-corrected chi connectivity index (χ2v) is 5.31. The van der Waals surface area contributed by atoms with Gasteiger partial charge in [0.05, 0.1) is 15.7 Å². The zero-order valence-electron chi connectivity index (χ0n) is 11.5. The third kappa shape index (κ3) is 3.90. The number of aromatic hydroxyl groups is 1. The number of carbonyl (C=O) groups excluding carboxylic acids is 2. The Balaban J connectivity index is 2.16. The molecule has 0 aliphatic rings. The number of rotatable bonds is 3. The first-order chi connectivity index (χ1) is 10.4. The summed E-state index contributed by atoms with van der Waals surface area (Å²) >= 11 is 11.8. The van der Waals surface area contributed by atoms with E-state index in [-0.39, 0.29) is 16.7 Å². The van der Waals surface area contributed by atoms with Crippen LogP contribution in [-0.2, 0) is 4.79 Å². The lowest BCUT2D eigenvalue weighted by Gasteiger charge is -2.09. The normalized spacial score (nSPS) is 10.1. The molecule has 0 spiro atoms. The topological polar surface area (TPSA) is 78.4 Å². The molecule has 0 saturated carbocycles. The van der Waals surface area contributed by atoms with Crippen molar-refractivity contribution in [1.29, 1.82) is 0 Å². The summed E-state index contributed by atoms with van der Waals surface area (Å²) in [4.78, 5) is 23.1. The number of amides is 2. The number of phenols is 1. The van der Waals surface area contributed by atoms with Crippen LogP contribution in [0.1, 0.15) is 17.3 Å². The molecule has 0 aliphatic carbocycles. The Labute approximate surface area is 136 Å². The number of carbonyl (C=O) groups is 2. The van der Waals surface area contributed by atoms with Crippen LogP contribution in [0, 0.1) is 0 Å². The number of phenolic OH excluding ortho intramolecular Hbond substituents is 1. The standard InChI is InChI=1S/C15H12Cl2N2O3/c1-8(20)18-13-4-3-10(7-11(13)16)19-15(22)9-2-5-14(21)12(17)6-9/h2-7,21H,1H3,(H,18,20)(H,19,22). The van der Waals surface area contributed by atoms with Crippen molar-refractivity contribution in [2.45, 2.75) is 6.92 Å². The maximum Gasteiger partial charge on any atom is 0.255 e. The van der Waals surface area contributed by atoms with Gasteiger partial charge in [-0.15, -0.1) is 0 Å². The molecule has 2 rings (SSSR count). The van der Waals surface area contributed by atoms with Gasteiger partial charge in [0.25, 0.3) is 5.91 Å². The molecule has 2 aromatic carbocycles. The molecule has 3 N–H and O–H groups in total. The molecule has 0 saturated heterocycles. The highest BCUT2D eigenvalue weighted by atomic mass is 35.5. The van der Waals surface area contributed by atoms with E-state index in [0.29, 0.717) is 22.0 Å². The maximum absolute atomic E-state index is 12.1. The smallest absolute Gasteiger partial charge is 0.255 e. The Morgan fingerprint density at radius 3 is 2.32 bits per heavy atom. The van der Waals surface area contributed by atoms with E-state index in [2.05, 4.69) is 10.6 Å². The van der Waals surface area contributed by atoms with E-state index in [1.807, 2.05) is 0 Å². The Morgan fingerprint density at radius 1 is 1.00 bits per heavy atom. The summed E-state index contributed by atoms with van der Waals surface area (Å²) < 4.78 is 0. The van der Waals surface area contributed by atoms with Gasteiger partial charge in [-0.05, 0) is 36.4 Å². The summed E-state index contributed by atoms with van der Waals surface area (Å²) in [5.74, 6) is -0.733. The highest BCUT2D eigenvalue weighted by Crippen LogP contribution is 2.27. The molecule has 22 heavy (non-hydrogen) atoms. The first-order valence-electron chi connectivity index (χ1n) is 6.24. The SMILES string of the molecule is CC(=O)Nc1ccc(NC(=O)c2ccc(O)c(Cl)c2)cc1Cl. The van der Waals surface area contributed by atoms with Gasteiger partial charge in [0.2, 0.25) is 5.91 Å². The number of halogens is 2. The van der Waals surface area contributed by atoms with Crippen molar-refractivity contribution in [2.75, 3.05) is 10.6 Å². The van der Waals surface area contributed by atoms with Gasteiger partial charge in [-0.1, -0.05) is 23.2 Å². The summed E-state index contributed by atoms with van der Waals surface area (Å²) in [5, 5.41) is 15.0. The Hall–Kier alpha value is -2.24. The monoisotopic (exact) mass is 338 g/mol. The van der Waals surface area contributed by atoms with Gasteiger partial charge in [0.15, 0.2) is 0 Å². The molecule has 0 fully saturated rings. The van der Waals surface area contributed by atoms with Gasteiger partial charge in [-0.2, -0.15) is 0 Å². The third-order valence-corrected chi connectivity index (χ3v) is 3.36. The van der Waals surface area contributed by atoms with Gasteiger partial charge in [-0.3, -0.25) is 9.59 Å². The fourth-order valence-electron chi connectivity index (χ4n) is 1.74. The molecular formula is C15H12Cl2N2O3. The first-order valence-corrected chi connectivity index (χ1v) is 6.99. The molecule has 2 amide bonds. The van der Waals surface area contributed by atoms with Gasteiger partial charge in [-0.25, -0.2) is 0 Å². The van der Waals surface area contributed by atoms with Crippen molar-refractivity contribution in [3.05, 3.63) is 52.0 Å². The zero-order valence-corrected chi connectivity index (χ0v) is 13.0. The lowest BCUT2D eigenvalue weighted by molar-refractivity contribution is -0.114. The third-order valence-electron chi connectivity index (χ3n) is 2.75. The Morgan fingerprint density at radius 2 is 1.73 bits per heavy atom. The van der Waals surface area contributed by atoms with Crippen molar-refractivity contribution in [2.24, 2.45) is 0 Å². The second kappa shape index (κ2) is 6.68. The molecule has 0 atom stereocenters. The molecule has 7 heteroatoms. The van der Waals surface area contributed by atoms with Crippen LogP contribution in [0.4, 0.5) is 11.4 Å². The summed E-state index contributed by atoms with van der Waals surface area (Å²) in [6.45, 7) is 1.38. The fraction of sp³-hybridized carbons (Fsp3) is 0.0667. The van der Waals surface area contributed by atoms with Crippen LogP contribution in [0.5, 0.6) is 5.75 Å². The molecule has 5 nitrogen and oxygen atoms in total. The lowest BCUT2D eigenvalue weighted by atomic mass is 10.2. The van der Waals surface area contributed by atoms with E-state index < -0.39 is 5.91 Å². The molecule has 0 aliphatic heterocycles. The average Bonchev–Trinajstić information content (AvgIpc) is 2.44. The van der Waals surface area contributed by atoms with Gasteiger partial charge in [0, 0.05) is 18.2 Å². The number of nitrogens with one attached hydrogen (secondary N) is 2. The van der Waals surface area contributed by atoms with Crippen LogP contribution in [0.2, 0.25) is 10.0 Å². The summed E-state index contributed by atoms with van der Waals surface area (Å²) in [5.41, 5.74) is 1.22. The molecule has 0 radical (unpaired) electrons. The van der Waals surface area contributed by atoms with Gasteiger partial charge in [0.1, 0.15) is 5.75 Å². The predicted molar refractivity (Wildman–Crippen MR) is 86.8 cm³/mol. The fourth-order valence-corrected chi connectivity index (χ4v) is 2.14. The van der Waals surface area contributed by atoms with E-state index in [1.165, 1.54) is 31.2 Å². The molecule has 114 valence electrons. The van der Waals surface area contributed by atoms with E-state index in [0.717, 1.165) is 0 Å². The molecule has 2 aromatic rings. The van der Waals surface area contributed by atoms with E-state index >= 15 is 0 Å². The number of benzene rings is 2. The summed E-state index contributed by atoms with van der Waals surface area (Å²) in [7, 11) is 0. The highest BCUT2D eigenvalue weighted by molar-refractivity contribution is 6.34. The lowest BCUT2D eigenvalue weighted by Crippen LogP contribution is -2.12. The Kier molecular flexibility index (Phi) is 4.90. The van der Waals surface area contributed by atoms with Gasteiger partial charge < -0.3 is 15.7 Å². The summed E-state index contributed by atoms with van der Waals surface area (Å²) in [6.07, 6.45) is 0. The van der Waals surface area contributed by atoms with Crippen molar-refractivity contribution in [3.8, 4) is 5.75 Å². The number of hydrogen-bond donors (Lipinski definition) is 3. The van der Waals surface area contributed by atoms with E-state index in [4.69, 9.17) is 23.2 Å². The first kappa shape index (κ1) is 16.1. The highest BCUT2D eigenvalue weighted by Gasteiger charge is 2.10. The second-order valence-electron chi connectivity index (χ2n) is 4.50. The molecular weight excluding hydrogens is 327 g/mol. The minimum Gasteiger partial charge on any atom is -0.506 e. The van der Waals surface area contributed by atoms with Crippen LogP contribution in [0.15, 0.2) is 36.4 Å². The van der Waals surface area contributed by atoms with Crippen molar-refractivity contribution >= 4 is 46.4 Å². The number of hydrogen-bond acceptors (Lipinski definition) is 3. The minimum absolute atomic E-state index is 0.0895. The van der Waals surface area contributed by atoms with E-state index in [9.17, 15) is 14.7 Å². The van der Waals surface area contributed by atoms with Crippen LogP contribution in [-0.4, -0.2) is 16.9 Å². The van der Waals surface area contributed by atoms with Crippen LogP contribution >= 0.6 is 23.2 Å². The predicted octanol–water partition coefficient (Wildman–Crippen LogP) is 3.91. The number of anilines is 2. The Bertz CT molecular complexity index is 748. The van der Waals surface area contributed by atoms with Crippen molar-refractivity contribution in [3.63, 3.8) is 0 Å². The van der Waals surface area contributed by atoms with Gasteiger partial charge >= 0.3 is 0 Å².